The van der Waals surface area contributed by atoms with Gasteiger partial charge in [-0.15, -0.1) is 39.7 Å². The number of benzene rings is 3. The van der Waals surface area contributed by atoms with Crippen molar-refractivity contribution < 1.29 is 49.0 Å². The zero-order valence-corrected chi connectivity index (χ0v) is 34.9. The molecule has 0 aliphatic heterocycles. The van der Waals surface area contributed by atoms with Crippen LogP contribution in [0.25, 0.3) is 32.7 Å². The Bertz CT molecular complexity index is 1880. The molecule has 3 heteroatoms. The van der Waals surface area contributed by atoms with Gasteiger partial charge in [0, 0.05) is 10.8 Å². The van der Waals surface area contributed by atoms with Gasteiger partial charge < -0.3 is 24.8 Å². The Morgan fingerprint density at radius 1 is 0.755 bits per heavy atom. The molecule has 1 atom stereocenters. The molecule has 4 aliphatic carbocycles. The van der Waals surface area contributed by atoms with E-state index in [-0.39, 0.29) is 35.6 Å². The van der Waals surface area contributed by atoms with Gasteiger partial charge in [0.1, 0.15) is 0 Å². The summed E-state index contributed by atoms with van der Waals surface area (Å²) in [4.78, 5) is 0. The Labute approximate surface area is 323 Å². The van der Waals surface area contributed by atoms with Crippen LogP contribution in [0.1, 0.15) is 122 Å². The second-order valence-corrected chi connectivity index (χ2v) is 17.9. The standard InChI is InChI=1S/C25H25.C13H19.C8H8.2ClH.Zr/c1-14-12-24(3,4)22-8-16-7-17-9-23-19(15(2)13-25(23,5)6)11-21(17)20(16)10-18(14)22;1-11-6-7-12(10-11)13(2)8-4-3-5-9-13;1-2-8-6-4-3-5-7-8;;;/h7-13H,1-6H3;7,10-11H,3-5,8-9H2,1-2H3;3-7H,1H3;2*1H;/q2*-1;;;;+2/p-2. The van der Waals surface area contributed by atoms with Crippen LogP contribution in [0.5, 0.6) is 0 Å². The van der Waals surface area contributed by atoms with E-state index in [4.69, 9.17) is 0 Å². The van der Waals surface area contributed by atoms with Crippen molar-refractivity contribution in [2.24, 2.45) is 11.3 Å². The summed E-state index contributed by atoms with van der Waals surface area (Å²) in [7, 11) is 0. The van der Waals surface area contributed by atoms with Gasteiger partial charge in [-0.1, -0.05) is 120 Å². The Hall–Kier alpha value is -2.18. The molecule has 4 aromatic carbocycles. The fourth-order valence-electron chi connectivity index (χ4n) is 8.49. The molecule has 0 saturated heterocycles. The van der Waals surface area contributed by atoms with Gasteiger partial charge in [0.05, 0.1) is 0 Å². The molecule has 1 unspecified atom stereocenters. The summed E-state index contributed by atoms with van der Waals surface area (Å²) in [6, 6.07) is 22.6. The van der Waals surface area contributed by atoms with Crippen LogP contribution in [-0.4, -0.2) is 3.21 Å². The van der Waals surface area contributed by atoms with Gasteiger partial charge in [-0.05, 0) is 36.1 Å². The van der Waals surface area contributed by atoms with E-state index in [1.807, 2.05) is 6.07 Å². The smallest absolute Gasteiger partial charge is 1.00 e. The van der Waals surface area contributed by atoms with Crippen LogP contribution >= 0.6 is 0 Å². The predicted octanol–water partition coefficient (Wildman–Crippen LogP) is 6.77. The summed E-state index contributed by atoms with van der Waals surface area (Å²) >= 11 is 1.51. The Morgan fingerprint density at radius 2 is 1.24 bits per heavy atom. The minimum Gasteiger partial charge on any atom is -1.00 e. The molecule has 1 saturated carbocycles. The third-order valence-electron chi connectivity index (χ3n) is 11.2. The first-order valence-corrected chi connectivity index (χ1v) is 19.0. The van der Waals surface area contributed by atoms with Crippen LogP contribution in [-0.2, 0) is 35.1 Å². The molecule has 8 rings (SSSR count). The summed E-state index contributed by atoms with van der Waals surface area (Å²) < 4.78 is 1.46. The van der Waals surface area contributed by atoms with E-state index >= 15 is 0 Å². The average molecular weight is 767 g/mol. The van der Waals surface area contributed by atoms with Crippen molar-refractivity contribution in [1.29, 1.82) is 0 Å². The summed E-state index contributed by atoms with van der Waals surface area (Å²) in [5.41, 5.74) is 12.3. The van der Waals surface area contributed by atoms with Gasteiger partial charge in [0.2, 0.25) is 0 Å². The molecule has 256 valence electrons. The van der Waals surface area contributed by atoms with Gasteiger partial charge in [-0.2, -0.15) is 11.6 Å². The van der Waals surface area contributed by atoms with Crippen molar-refractivity contribution in [1.82, 2.24) is 0 Å². The average Bonchev–Trinajstić information content (AvgIpc) is 3.74. The van der Waals surface area contributed by atoms with Crippen molar-refractivity contribution in [2.75, 3.05) is 0 Å². The van der Waals surface area contributed by atoms with Crippen molar-refractivity contribution in [3.63, 3.8) is 0 Å². The molecule has 0 bridgehead atoms. The molecular weight excluding hydrogens is 715 g/mol. The topological polar surface area (TPSA) is 0 Å². The molecule has 1 fully saturated rings. The normalized spacial score (nSPS) is 20.3. The molecular formula is C46H52Cl2Zr-2. The fourth-order valence-corrected chi connectivity index (χ4v) is 8.90. The molecule has 4 aliphatic rings. The van der Waals surface area contributed by atoms with Crippen molar-refractivity contribution in [3.05, 3.63) is 124 Å². The van der Waals surface area contributed by atoms with Gasteiger partial charge in [0.15, 0.2) is 0 Å². The van der Waals surface area contributed by atoms with Crippen molar-refractivity contribution in [3.8, 4) is 0 Å². The molecule has 4 aromatic rings. The van der Waals surface area contributed by atoms with Crippen LogP contribution in [0.3, 0.4) is 0 Å². The van der Waals surface area contributed by atoms with Gasteiger partial charge in [-0.25, -0.2) is 6.08 Å². The summed E-state index contributed by atoms with van der Waals surface area (Å²) in [6.07, 6.45) is 19.8. The molecule has 0 N–H and O–H groups in total. The molecule has 0 aromatic heterocycles. The van der Waals surface area contributed by atoms with E-state index < -0.39 is 0 Å². The third-order valence-corrected chi connectivity index (χ3v) is 11.9. The van der Waals surface area contributed by atoms with E-state index in [1.165, 1.54) is 120 Å². The summed E-state index contributed by atoms with van der Waals surface area (Å²) in [5.74, 6) is 0.550. The minimum atomic E-state index is 0. The van der Waals surface area contributed by atoms with Crippen LogP contribution in [0.15, 0.2) is 90.5 Å². The SMILES string of the molecule is CC1=CC(C)(C)c2cc3[cH-]c4cc5c(cc4c3cc21)C(C)=CC5(C)C.CC1[C-]=CC(C2(C)CCCCC2)=C1.C[C](=[Zr+2])c1ccccc1.[Cl-].[Cl-]. The first-order valence-electron chi connectivity index (χ1n) is 17.7. The maximum absolute atomic E-state index is 3.37. The number of halogens is 2. The van der Waals surface area contributed by atoms with Crippen molar-refractivity contribution in [2.45, 2.75) is 105 Å². The van der Waals surface area contributed by atoms with Crippen LogP contribution < -0.4 is 24.8 Å². The molecule has 0 heterocycles. The van der Waals surface area contributed by atoms with Crippen LogP contribution in [0.2, 0.25) is 0 Å². The van der Waals surface area contributed by atoms with Crippen molar-refractivity contribution >= 4 is 35.9 Å². The number of allylic oxidation sites excluding steroid dienone is 8. The van der Waals surface area contributed by atoms with E-state index in [0.29, 0.717) is 11.3 Å². The van der Waals surface area contributed by atoms with E-state index in [1.54, 1.807) is 5.57 Å². The first kappa shape index (κ1) is 39.6. The van der Waals surface area contributed by atoms with Crippen LogP contribution in [0, 0.1) is 17.4 Å². The fraction of sp³-hybridized carbons (Fsp3) is 0.391. The van der Waals surface area contributed by atoms with Gasteiger partial charge in [0.25, 0.3) is 0 Å². The Balaban J connectivity index is 0.000000190. The zero-order valence-electron chi connectivity index (χ0n) is 31.0. The van der Waals surface area contributed by atoms with E-state index in [0.717, 1.165) is 0 Å². The summed E-state index contributed by atoms with van der Waals surface area (Å²) in [6.45, 7) is 20.6. The second-order valence-electron chi connectivity index (χ2n) is 16.0. The molecule has 0 spiro atoms. The predicted molar refractivity (Wildman–Crippen MR) is 203 cm³/mol. The quantitative estimate of drug-likeness (QED) is 0.198. The molecule has 49 heavy (non-hydrogen) atoms. The zero-order chi connectivity index (χ0) is 33.7. The maximum Gasteiger partial charge on any atom is -1.00 e. The largest absolute Gasteiger partial charge is 1.00 e. The second kappa shape index (κ2) is 15.2. The van der Waals surface area contributed by atoms with Crippen LogP contribution in [0.4, 0.5) is 0 Å². The molecule has 0 radical (unpaired) electrons. The number of fused-ring (bicyclic) bond motifs is 5. The summed E-state index contributed by atoms with van der Waals surface area (Å²) in [5, 5.41) is 5.57. The maximum atomic E-state index is 3.37. The Morgan fingerprint density at radius 3 is 1.65 bits per heavy atom. The monoisotopic (exact) mass is 764 g/mol. The van der Waals surface area contributed by atoms with Gasteiger partial charge in [-0.3, -0.25) is 6.08 Å². The number of hydrogen-bond acceptors (Lipinski definition) is 0. The third kappa shape index (κ3) is 8.01. The van der Waals surface area contributed by atoms with Gasteiger partial charge >= 0.3 is 70.3 Å². The Kier molecular flexibility index (Phi) is 12.3. The first-order chi connectivity index (χ1) is 22.2. The minimum absolute atomic E-state index is 0. The van der Waals surface area contributed by atoms with E-state index in [9.17, 15) is 0 Å². The number of hydrogen-bond donors (Lipinski definition) is 0. The van der Waals surface area contributed by atoms with E-state index in [2.05, 4.69) is 147 Å². The molecule has 0 nitrogen and oxygen atoms in total. The number of rotatable bonds is 2. The molecule has 0 amide bonds.